The molecule has 2 saturated carbocycles. The Balaban J connectivity index is 1.47. The zero-order valence-corrected chi connectivity index (χ0v) is 15.6. The van der Waals surface area contributed by atoms with Crippen molar-refractivity contribution in [2.24, 2.45) is 5.41 Å². The molecule has 1 unspecified atom stereocenters. The summed E-state index contributed by atoms with van der Waals surface area (Å²) >= 11 is 0. The Labute approximate surface area is 153 Å². The normalized spacial score (nSPS) is 27.8. The second-order valence-corrected chi connectivity index (χ2v) is 8.43. The number of carbonyl (C=O) groups is 2. The number of nitrogens with zero attached hydrogens (tertiary/aromatic N) is 1. The van der Waals surface area contributed by atoms with Gasteiger partial charge < -0.3 is 15.0 Å². The maximum Gasteiger partial charge on any atom is 0.250 e. The maximum absolute atomic E-state index is 13.1. The molecule has 3 aliphatic rings. The van der Waals surface area contributed by atoms with Gasteiger partial charge in [-0.3, -0.25) is 9.59 Å². The molecule has 0 aromatic rings. The number of alkyl halides is 2. The Hall–Kier alpha value is -1.24. The van der Waals surface area contributed by atoms with Gasteiger partial charge in [-0.1, -0.05) is 19.8 Å². The first kappa shape index (κ1) is 19.5. The summed E-state index contributed by atoms with van der Waals surface area (Å²) in [6.07, 6.45) is 6.55. The van der Waals surface area contributed by atoms with E-state index in [4.69, 9.17) is 4.74 Å². The van der Waals surface area contributed by atoms with E-state index in [1.165, 1.54) is 0 Å². The first-order valence-electron chi connectivity index (χ1n) is 9.86. The summed E-state index contributed by atoms with van der Waals surface area (Å²) in [5, 5.41) is 2.81. The van der Waals surface area contributed by atoms with E-state index in [0.29, 0.717) is 13.1 Å². The average molecular weight is 372 g/mol. The van der Waals surface area contributed by atoms with Gasteiger partial charge in [-0.25, -0.2) is 8.78 Å². The molecule has 3 fully saturated rings. The Bertz CT molecular complexity index is 527. The molecule has 1 aliphatic heterocycles. The SMILES string of the molecule is CC1(C(=O)NCC2CCCCN2C(=O)COC2CCCC2)CC(F)(F)C1. The van der Waals surface area contributed by atoms with E-state index in [1.807, 2.05) is 0 Å². The summed E-state index contributed by atoms with van der Waals surface area (Å²) in [7, 11) is 0. The van der Waals surface area contributed by atoms with Crippen molar-refractivity contribution in [3.05, 3.63) is 0 Å². The third-order valence-corrected chi connectivity index (χ3v) is 6.04. The van der Waals surface area contributed by atoms with Crippen molar-refractivity contribution < 1.29 is 23.1 Å². The number of amides is 2. The van der Waals surface area contributed by atoms with Gasteiger partial charge in [0.15, 0.2) is 0 Å². The van der Waals surface area contributed by atoms with Gasteiger partial charge in [-0.2, -0.15) is 0 Å². The molecule has 7 heteroatoms. The van der Waals surface area contributed by atoms with Crippen LogP contribution in [0, 0.1) is 5.41 Å². The number of nitrogens with one attached hydrogen (secondary N) is 1. The molecule has 0 spiro atoms. The second kappa shape index (κ2) is 7.79. The first-order chi connectivity index (χ1) is 12.3. The van der Waals surface area contributed by atoms with Crippen LogP contribution in [0.4, 0.5) is 8.78 Å². The smallest absolute Gasteiger partial charge is 0.250 e. The summed E-state index contributed by atoms with van der Waals surface area (Å²) in [6, 6.07) is -0.0726. The minimum Gasteiger partial charge on any atom is -0.368 e. The predicted octanol–water partition coefficient (Wildman–Crippen LogP) is 2.88. The molecule has 0 aromatic heterocycles. The molecule has 1 atom stereocenters. The van der Waals surface area contributed by atoms with Crippen LogP contribution in [-0.2, 0) is 14.3 Å². The minimum absolute atomic E-state index is 0.0303. The van der Waals surface area contributed by atoms with Crippen molar-refractivity contribution in [1.29, 1.82) is 0 Å². The zero-order chi connectivity index (χ0) is 18.8. The Kier molecular flexibility index (Phi) is 5.85. The number of rotatable bonds is 6. The summed E-state index contributed by atoms with van der Waals surface area (Å²) in [6.45, 7) is 2.68. The van der Waals surface area contributed by atoms with Crippen molar-refractivity contribution in [3.8, 4) is 0 Å². The largest absolute Gasteiger partial charge is 0.368 e. The fourth-order valence-corrected chi connectivity index (χ4v) is 4.54. The lowest BCUT2D eigenvalue weighted by molar-refractivity contribution is -0.174. The fraction of sp³-hybridized carbons (Fsp3) is 0.895. The van der Waals surface area contributed by atoms with Crippen LogP contribution in [0.1, 0.15) is 64.7 Å². The molecule has 26 heavy (non-hydrogen) atoms. The minimum atomic E-state index is -2.73. The highest BCUT2D eigenvalue weighted by molar-refractivity contribution is 5.83. The summed E-state index contributed by atoms with van der Waals surface area (Å²) in [4.78, 5) is 26.6. The quantitative estimate of drug-likeness (QED) is 0.780. The predicted molar refractivity (Wildman–Crippen MR) is 92.9 cm³/mol. The first-order valence-corrected chi connectivity index (χ1v) is 9.86. The van der Waals surface area contributed by atoms with Gasteiger partial charge >= 0.3 is 0 Å². The van der Waals surface area contributed by atoms with Crippen molar-refractivity contribution in [3.63, 3.8) is 0 Å². The van der Waals surface area contributed by atoms with Gasteiger partial charge in [-0.15, -0.1) is 0 Å². The van der Waals surface area contributed by atoms with Crippen LogP contribution in [0.15, 0.2) is 0 Å². The molecule has 148 valence electrons. The van der Waals surface area contributed by atoms with Crippen molar-refractivity contribution in [2.75, 3.05) is 19.7 Å². The number of likely N-dealkylation sites (tertiary alicyclic amines) is 1. The highest BCUT2D eigenvalue weighted by Crippen LogP contribution is 2.51. The zero-order valence-electron chi connectivity index (χ0n) is 15.6. The van der Waals surface area contributed by atoms with Gasteiger partial charge in [0.1, 0.15) is 6.61 Å². The molecule has 2 amide bonds. The number of halogens is 2. The lowest BCUT2D eigenvalue weighted by Gasteiger charge is -2.44. The molecule has 0 aromatic carbocycles. The molecular weight excluding hydrogens is 342 g/mol. The van der Waals surface area contributed by atoms with E-state index in [9.17, 15) is 18.4 Å². The topological polar surface area (TPSA) is 58.6 Å². The highest BCUT2D eigenvalue weighted by Gasteiger charge is 2.57. The molecular formula is C19H30F2N2O3. The fourth-order valence-electron chi connectivity index (χ4n) is 4.54. The summed E-state index contributed by atoms with van der Waals surface area (Å²) < 4.78 is 32.0. The molecule has 5 nitrogen and oxygen atoms in total. The molecule has 2 aliphatic carbocycles. The Morgan fingerprint density at radius 2 is 1.77 bits per heavy atom. The van der Waals surface area contributed by atoms with Crippen LogP contribution < -0.4 is 5.32 Å². The summed E-state index contributed by atoms with van der Waals surface area (Å²) in [5.41, 5.74) is -0.988. The van der Waals surface area contributed by atoms with Crippen molar-refractivity contribution in [1.82, 2.24) is 10.2 Å². The van der Waals surface area contributed by atoms with Gasteiger partial charge in [0.25, 0.3) is 0 Å². The van der Waals surface area contributed by atoms with Crippen LogP contribution in [0.25, 0.3) is 0 Å². The molecule has 1 heterocycles. The number of hydrogen-bond acceptors (Lipinski definition) is 3. The average Bonchev–Trinajstić information content (AvgIpc) is 3.09. The van der Waals surface area contributed by atoms with Gasteiger partial charge in [-0.05, 0) is 32.1 Å². The lowest BCUT2D eigenvalue weighted by Crippen LogP contribution is -2.56. The van der Waals surface area contributed by atoms with Gasteiger partial charge in [0.2, 0.25) is 17.7 Å². The number of ether oxygens (including phenoxy) is 1. The number of hydrogen-bond donors (Lipinski definition) is 1. The van der Waals surface area contributed by atoms with E-state index < -0.39 is 24.2 Å². The molecule has 3 rings (SSSR count). The van der Waals surface area contributed by atoms with Crippen molar-refractivity contribution in [2.45, 2.75) is 82.8 Å². The molecule has 1 N–H and O–H groups in total. The molecule has 0 bridgehead atoms. The standard InChI is InChI=1S/C19H30F2N2O3/c1-18(12-19(20,21)13-18)17(25)22-10-14-6-4-5-9-23(14)16(24)11-26-15-7-2-3-8-15/h14-15H,2-13H2,1H3,(H,22,25). The highest BCUT2D eigenvalue weighted by atomic mass is 19.3. The second-order valence-electron chi connectivity index (χ2n) is 8.43. The molecule has 0 radical (unpaired) electrons. The van der Waals surface area contributed by atoms with E-state index in [1.54, 1.807) is 11.8 Å². The van der Waals surface area contributed by atoms with Gasteiger partial charge in [0.05, 0.1) is 11.5 Å². The van der Waals surface area contributed by atoms with E-state index in [2.05, 4.69) is 5.32 Å². The molecule has 1 saturated heterocycles. The van der Waals surface area contributed by atoms with Crippen LogP contribution in [0.2, 0.25) is 0 Å². The van der Waals surface area contributed by atoms with E-state index in [-0.39, 0.29) is 30.6 Å². The maximum atomic E-state index is 13.1. The monoisotopic (exact) mass is 372 g/mol. The van der Waals surface area contributed by atoms with E-state index >= 15 is 0 Å². The summed E-state index contributed by atoms with van der Waals surface area (Å²) in [5.74, 6) is -3.09. The van der Waals surface area contributed by atoms with Crippen LogP contribution in [0.3, 0.4) is 0 Å². The van der Waals surface area contributed by atoms with Gasteiger partial charge in [0, 0.05) is 32.0 Å². The lowest BCUT2D eigenvalue weighted by atomic mass is 9.67. The van der Waals surface area contributed by atoms with E-state index in [0.717, 1.165) is 44.9 Å². The Morgan fingerprint density at radius 1 is 1.12 bits per heavy atom. The van der Waals surface area contributed by atoms with Crippen LogP contribution >= 0.6 is 0 Å². The van der Waals surface area contributed by atoms with Crippen LogP contribution in [-0.4, -0.2) is 54.5 Å². The third kappa shape index (κ3) is 4.53. The van der Waals surface area contributed by atoms with Crippen molar-refractivity contribution >= 4 is 11.8 Å². The third-order valence-electron chi connectivity index (χ3n) is 6.04. The Morgan fingerprint density at radius 3 is 2.42 bits per heavy atom. The number of piperidine rings is 1. The number of carbonyl (C=O) groups excluding carboxylic acids is 2. The van der Waals surface area contributed by atoms with Crippen LogP contribution in [0.5, 0.6) is 0 Å².